The van der Waals surface area contributed by atoms with Gasteiger partial charge in [-0.05, 0) is 35.4 Å². The highest BCUT2D eigenvalue weighted by molar-refractivity contribution is 7.87. The van der Waals surface area contributed by atoms with Crippen LogP contribution >= 0.6 is 0 Å². The lowest BCUT2D eigenvalue weighted by molar-refractivity contribution is 0.378. The first-order chi connectivity index (χ1) is 22.2. The number of nitrogens with zero attached hydrogens (tertiary/aromatic N) is 6. The maximum atomic E-state index is 12.3. The summed E-state index contributed by atoms with van der Waals surface area (Å²) in [6.07, 6.45) is 3.26. The summed E-state index contributed by atoms with van der Waals surface area (Å²) in [7, 11) is -18.5. The lowest BCUT2D eigenvalue weighted by Gasteiger charge is -2.14. The SMILES string of the molecule is COc1ncnc(Nc2cc(S(=O)(=O)O)c(/C=C/c3cc(S(=O)(=O)O)c(Nc4ncnc(OC)n4)cc3S(=O)(=O)O)cc2S(=O)(=O)O)n1. The van der Waals surface area contributed by atoms with Crippen molar-refractivity contribution in [3.63, 3.8) is 0 Å². The van der Waals surface area contributed by atoms with E-state index in [9.17, 15) is 51.9 Å². The van der Waals surface area contributed by atoms with Gasteiger partial charge in [0.1, 0.15) is 32.2 Å². The first kappa shape index (κ1) is 35.9. The van der Waals surface area contributed by atoms with E-state index in [1.165, 1.54) is 14.2 Å². The normalized spacial score (nSPS) is 12.5. The number of ether oxygens (including phenoxy) is 2. The standard InChI is InChI=1S/C22H20N8O14S4/c1-43-21-25-9-23-19(29-21)27-13-7-15(45(31,32)33)11(5-17(13)47(37,38)39)3-4-12-6-18(48(40,41)42)14(8-16(12)46(34,35)36)28-20-24-10-26-22(30-20)44-2/h3-10H,1-2H3,(H,31,32,33)(H,34,35,36)(H,37,38,39)(H,40,41,42)(H,23,25,27,29)(H,24,26,28,30)/b4-3+. The molecule has 2 aromatic heterocycles. The van der Waals surface area contributed by atoms with Crippen molar-refractivity contribution in [2.45, 2.75) is 19.6 Å². The molecule has 0 amide bonds. The van der Waals surface area contributed by atoms with Crippen LogP contribution in [0.4, 0.5) is 23.3 Å². The first-order valence-electron chi connectivity index (χ1n) is 12.1. The minimum atomic E-state index is -5.23. The molecule has 4 rings (SSSR count). The van der Waals surface area contributed by atoms with E-state index in [0.29, 0.717) is 36.4 Å². The molecule has 0 atom stereocenters. The molecule has 0 spiro atoms. The fourth-order valence-electron chi connectivity index (χ4n) is 3.78. The first-order valence-corrected chi connectivity index (χ1v) is 17.9. The molecule has 2 heterocycles. The number of benzene rings is 2. The van der Waals surface area contributed by atoms with Crippen molar-refractivity contribution in [1.82, 2.24) is 29.9 Å². The van der Waals surface area contributed by atoms with Gasteiger partial charge in [0, 0.05) is 0 Å². The van der Waals surface area contributed by atoms with Gasteiger partial charge in [0.05, 0.1) is 25.6 Å². The van der Waals surface area contributed by atoms with Crippen LogP contribution in [0.25, 0.3) is 12.2 Å². The zero-order chi connectivity index (χ0) is 35.7. The molecule has 0 saturated carbocycles. The number of anilines is 4. The Bertz CT molecular complexity index is 2220. The Morgan fingerprint density at radius 1 is 0.542 bits per heavy atom. The monoisotopic (exact) mass is 748 g/mol. The molecular weight excluding hydrogens is 729 g/mol. The van der Waals surface area contributed by atoms with Crippen LogP contribution in [0.2, 0.25) is 0 Å². The molecule has 0 fully saturated rings. The fraction of sp³-hybridized carbons (Fsp3) is 0.0909. The van der Waals surface area contributed by atoms with Crippen LogP contribution in [0.3, 0.4) is 0 Å². The Labute approximate surface area is 271 Å². The molecule has 0 radical (unpaired) electrons. The van der Waals surface area contributed by atoms with Gasteiger partial charge >= 0.3 is 12.0 Å². The number of hydrogen-bond donors (Lipinski definition) is 6. The molecule has 48 heavy (non-hydrogen) atoms. The van der Waals surface area contributed by atoms with Gasteiger partial charge in [-0.3, -0.25) is 18.2 Å². The summed E-state index contributed by atoms with van der Waals surface area (Å²) in [6, 6.07) is 1.69. The van der Waals surface area contributed by atoms with E-state index in [4.69, 9.17) is 9.47 Å². The smallest absolute Gasteiger partial charge is 0.320 e. The van der Waals surface area contributed by atoms with Crippen molar-refractivity contribution in [2.24, 2.45) is 0 Å². The second-order valence-electron chi connectivity index (χ2n) is 8.85. The number of methoxy groups -OCH3 is 2. The number of nitrogens with one attached hydrogen (secondary N) is 2. The van der Waals surface area contributed by atoms with Crippen LogP contribution in [-0.4, -0.2) is 96.0 Å². The largest absolute Gasteiger partial charge is 0.467 e. The predicted molar refractivity (Wildman–Crippen MR) is 160 cm³/mol. The minimum Gasteiger partial charge on any atom is -0.467 e. The third-order valence-corrected chi connectivity index (χ3v) is 9.34. The van der Waals surface area contributed by atoms with Gasteiger partial charge in [-0.25, -0.2) is 9.97 Å². The van der Waals surface area contributed by atoms with Crippen LogP contribution in [0.1, 0.15) is 11.1 Å². The number of hydrogen-bond acceptors (Lipinski definition) is 18. The summed E-state index contributed by atoms with van der Waals surface area (Å²) in [6.45, 7) is 0. The zero-order valence-electron chi connectivity index (χ0n) is 23.8. The van der Waals surface area contributed by atoms with Crippen molar-refractivity contribution in [3.8, 4) is 12.0 Å². The molecular formula is C22H20N8O14S4. The van der Waals surface area contributed by atoms with Crippen molar-refractivity contribution >= 4 is 75.9 Å². The Morgan fingerprint density at radius 2 is 0.875 bits per heavy atom. The molecule has 22 nitrogen and oxygen atoms in total. The van der Waals surface area contributed by atoms with Gasteiger partial charge in [0.15, 0.2) is 0 Å². The van der Waals surface area contributed by atoms with Crippen molar-refractivity contribution < 1.29 is 61.4 Å². The average molecular weight is 749 g/mol. The molecule has 0 unspecified atom stereocenters. The third kappa shape index (κ3) is 8.49. The van der Waals surface area contributed by atoms with E-state index in [2.05, 4.69) is 40.5 Å². The van der Waals surface area contributed by atoms with Crippen LogP contribution < -0.4 is 20.1 Å². The third-order valence-electron chi connectivity index (χ3n) is 5.74. The Kier molecular flexibility index (Phi) is 9.92. The highest BCUT2D eigenvalue weighted by Gasteiger charge is 2.26. The molecule has 26 heteroatoms. The second kappa shape index (κ2) is 13.3. The predicted octanol–water partition coefficient (Wildman–Crippen LogP) is 0.718. The highest BCUT2D eigenvalue weighted by atomic mass is 32.2. The topological polar surface area (TPSA) is 337 Å². The molecule has 0 aliphatic carbocycles. The second-order valence-corrected chi connectivity index (χ2v) is 14.4. The van der Waals surface area contributed by atoms with E-state index in [0.717, 1.165) is 12.7 Å². The fourth-order valence-corrected chi connectivity index (χ4v) is 6.49. The van der Waals surface area contributed by atoms with Crippen LogP contribution in [0.15, 0.2) is 56.5 Å². The molecule has 256 valence electrons. The lowest BCUT2D eigenvalue weighted by atomic mass is 10.1. The van der Waals surface area contributed by atoms with Gasteiger partial charge in [0.2, 0.25) is 11.9 Å². The maximum Gasteiger partial charge on any atom is 0.320 e. The van der Waals surface area contributed by atoms with Gasteiger partial charge < -0.3 is 20.1 Å². The van der Waals surface area contributed by atoms with Gasteiger partial charge in [-0.1, -0.05) is 12.2 Å². The van der Waals surface area contributed by atoms with E-state index in [1.807, 2.05) is 0 Å². The average Bonchev–Trinajstić information content (AvgIpc) is 2.98. The maximum absolute atomic E-state index is 12.3. The quantitative estimate of drug-likeness (QED) is 0.0858. The van der Waals surface area contributed by atoms with E-state index < -0.39 is 94.5 Å². The van der Waals surface area contributed by atoms with Crippen LogP contribution in [0.5, 0.6) is 12.0 Å². The summed E-state index contributed by atoms with van der Waals surface area (Å²) in [5.41, 5.74) is -2.77. The van der Waals surface area contributed by atoms with Gasteiger partial charge in [-0.15, -0.1) is 0 Å². The molecule has 0 bridgehead atoms. The molecule has 4 aromatic rings. The molecule has 2 aromatic carbocycles. The Morgan fingerprint density at radius 3 is 1.17 bits per heavy atom. The van der Waals surface area contributed by atoms with Crippen molar-refractivity contribution in [1.29, 1.82) is 0 Å². The van der Waals surface area contributed by atoms with E-state index in [-0.39, 0.29) is 12.0 Å². The van der Waals surface area contributed by atoms with E-state index >= 15 is 0 Å². The summed E-state index contributed by atoms with van der Waals surface area (Å²) >= 11 is 0. The van der Waals surface area contributed by atoms with Crippen LogP contribution in [-0.2, 0) is 40.5 Å². The summed E-state index contributed by atoms with van der Waals surface area (Å²) in [5.74, 6) is -0.785. The van der Waals surface area contributed by atoms with E-state index in [1.54, 1.807) is 0 Å². The summed E-state index contributed by atoms with van der Waals surface area (Å²) < 4.78 is 148. The Balaban J connectivity index is 1.94. The number of rotatable bonds is 12. The highest BCUT2D eigenvalue weighted by Crippen LogP contribution is 2.34. The van der Waals surface area contributed by atoms with Crippen molar-refractivity contribution in [3.05, 3.63) is 48.0 Å². The zero-order valence-corrected chi connectivity index (χ0v) is 27.1. The number of aromatic nitrogens is 6. The molecule has 0 aliphatic rings. The van der Waals surface area contributed by atoms with Crippen molar-refractivity contribution in [2.75, 3.05) is 24.9 Å². The molecule has 0 saturated heterocycles. The minimum absolute atomic E-state index is 0.247. The molecule has 0 aliphatic heterocycles. The Hall–Kier alpha value is -4.96. The summed E-state index contributed by atoms with van der Waals surface area (Å²) in [4.78, 5) is 18.2. The van der Waals surface area contributed by atoms with Gasteiger partial charge in [0.25, 0.3) is 40.5 Å². The van der Waals surface area contributed by atoms with Crippen LogP contribution in [0, 0.1) is 0 Å². The molecule has 6 N–H and O–H groups in total. The summed E-state index contributed by atoms with van der Waals surface area (Å²) in [5, 5.41) is 4.67. The van der Waals surface area contributed by atoms with Gasteiger partial charge in [-0.2, -0.15) is 53.6 Å². The lowest BCUT2D eigenvalue weighted by Crippen LogP contribution is -2.10.